The van der Waals surface area contributed by atoms with E-state index < -0.39 is 30.2 Å². The van der Waals surface area contributed by atoms with E-state index in [1.807, 2.05) is 83.4 Å². The highest BCUT2D eigenvalue weighted by atomic mass is 16.3. The first-order chi connectivity index (χ1) is 28.2. The first-order valence-electron chi connectivity index (χ1n) is 20.0. The molecule has 51 heavy (non-hydrogen) atoms. The van der Waals surface area contributed by atoms with Gasteiger partial charge in [0.2, 0.25) is 5.95 Å². The second kappa shape index (κ2) is 10.7. The van der Waals surface area contributed by atoms with Crippen LogP contribution in [0.15, 0.2) is 168 Å². The molecular formula is C45H27N5O. The van der Waals surface area contributed by atoms with Gasteiger partial charge in [0.1, 0.15) is 11.2 Å². The average molecular weight is 661 g/mol. The Balaban J connectivity index is 1.29. The fourth-order valence-electron chi connectivity index (χ4n) is 7.26. The summed E-state index contributed by atoms with van der Waals surface area (Å²) >= 11 is 0. The average Bonchev–Trinajstić information content (AvgIpc) is 3.94. The SMILES string of the molecule is [2H]c1c([2H])c([2H])c2c(oc3c([2H])c(-c4nc(-c5ccccc5)nc(-n5c6ccccc6c6ccc7c8ccccc8n(-c8ccccc8)c7c65)n4)c([2H])c([2H])c32)c1[2H]. The summed E-state index contributed by atoms with van der Waals surface area (Å²) in [5.74, 6) is 0.454. The van der Waals surface area contributed by atoms with Crippen molar-refractivity contribution in [1.82, 2.24) is 24.1 Å². The summed E-state index contributed by atoms with van der Waals surface area (Å²) in [6.45, 7) is 0. The van der Waals surface area contributed by atoms with Crippen molar-refractivity contribution in [2.45, 2.75) is 0 Å². The quantitative estimate of drug-likeness (QED) is 0.188. The second-order valence-corrected chi connectivity index (χ2v) is 12.3. The Labute approximate surface area is 301 Å². The smallest absolute Gasteiger partial charge is 0.238 e. The maximum atomic E-state index is 9.45. The molecule has 4 aromatic heterocycles. The van der Waals surface area contributed by atoms with Crippen molar-refractivity contribution >= 4 is 65.6 Å². The van der Waals surface area contributed by atoms with Crippen LogP contribution in [0.25, 0.3) is 100.0 Å². The summed E-state index contributed by atoms with van der Waals surface area (Å²) in [6, 6.07) is 37.2. The minimum Gasteiger partial charge on any atom is -0.456 e. The van der Waals surface area contributed by atoms with E-state index in [1.165, 1.54) is 0 Å². The molecule has 0 saturated carbocycles. The Bertz CT molecular complexity index is 3540. The standard InChI is InChI=1S/C45H27N5O/c1-3-13-28(14-4-1)43-46-44(29-23-24-34-33-19-9-12-22-39(33)51-40(34)27-29)48-45(47-43)50-38-21-11-8-18-32(38)36-26-25-35-31-17-7-10-20-37(31)49(41(35)42(36)50)30-15-5-2-6-16-30/h1-27H/i9D,12D,19D,22D,23D,24D,27D. The predicted octanol–water partition coefficient (Wildman–Crippen LogP) is 11.3. The molecule has 0 aliphatic rings. The van der Waals surface area contributed by atoms with E-state index in [4.69, 9.17) is 24.9 Å². The number of nitrogens with zero attached hydrogens (tertiary/aromatic N) is 5. The molecule has 0 radical (unpaired) electrons. The Hall–Kier alpha value is -7.05. The van der Waals surface area contributed by atoms with Crippen molar-refractivity contribution in [3.63, 3.8) is 0 Å². The Morgan fingerprint density at radius 1 is 0.451 bits per heavy atom. The number of furan rings is 1. The molecule has 0 unspecified atom stereocenters. The molecule has 0 aliphatic heterocycles. The Morgan fingerprint density at radius 3 is 1.78 bits per heavy atom. The molecule has 0 fully saturated rings. The molecule has 0 bridgehead atoms. The maximum absolute atomic E-state index is 9.45. The van der Waals surface area contributed by atoms with E-state index in [-0.39, 0.29) is 57.2 Å². The number of aromatic nitrogens is 5. The molecule has 11 aromatic rings. The molecule has 0 aliphatic carbocycles. The number of fused-ring (bicyclic) bond motifs is 10. The molecule has 0 atom stereocenters. The van der Waals surface area contributed by atoms with E-state index in [2.05, 4.69) is 47.0 Å². The zero-order chi connectivity index (χ0) is 39.6. The van der Waals surface area contributed by atoms with Crippen LogP contribution in [0.5, 0.6) is 0 Å². The molecule has 0 spiro atoms. The van der Waals surface area contributed by atoms with Gasteiger partial charge in [-0.2, -0.15) is 9.97 Å². The second-order valence-electron chi connectivity index (χ2n) is 12.3. The van der Waals surface area contributed by atoms with Crippen LogP contribution in [0, 0.1) is 0 Å². The third-order valence-electron chi connectivity index (χ3n) is 9.45. The van der Waals surface area contributed by atoms with Crippen LogP contribution in [0.2, 0.25) is 0 Å². The zero-order valence-electron chi connectivity index (χ0n) is 33.7. The molecule has 6 nitrogen and oxygen atoms in total. The van der Waals surface area contributed by atoms with E-state index in [0.717, 1.165) is 49.3 Å². The van der Waals surface area contributed by atoms with Crippen molar-refractivity contribution in [1.29, 1.82) is 0 Å². The van der Waals surface area contributed by atoms with Gasteiger partial charge in [0.25, 0.3) is 0 Å². The summed E-state index contributed by atoms with van der Waals surface area (Å²) in [4.78, 5) is 15.0. The third kappa shape index (κ3) is 4.14. The van der Waals surface area contributed by atoms with Gasteiger partial charge in [0.05, 0.1) is 31.7 Å². The van der Waals surface area contributed by atoms with Gasteiger partial charge in [-0.1, -0.05) is 121 Å². The third-order valence-corrected chi connectivity index (χ3v) is 9.45. The van der Waals surface area contributed by atoms with Gasteiger partial charge in [0.15, 0.2) is 11.6 Å². The van der Waals surface area contributed by atoms with Crippen LogP contribution >= 0.6 is 0 Å². The van der Waals surface area contributed by atoms with Crippen LogP contribution < -0.4 is 0 Å². The van der Waals surface area contributed by atoms with Crippen LogP contribution in [-0.2, 0) is 0 Å². The Morgan fingerprint density at radius 2 is 1.04 bits per heavy atom. The molecule has 7 aromatic carbocycles. The summed E-state index contributed by atoms with van der Waals surface area (Å²) in [5.41, 5.74) is 4.80. The van der Waals surface area contributed by atoms with Gasteiger partial charge < -0.3 is 8.98 Å². The van der Waals surface area contributed by atoms with Crippen LogP contribution in [0.4, 0.5) is 0 Å². The van der Waals surface area contributed by atoms with Crippen molar-refractivity contribution in [3.05, 3.63) is 164 Å². The zero-order valence-corrected chi connectivity index (χ0v) is 26.7. The number of para-hydroxylation sites is 4. The molecule has 6 heteroatoms. The van der Waals surface area contributed by atoms with Gasteiger partial charge in [0, 0.05) is 49.1 Å². The van der Waals surface area contributed by atoms with Gasteiger partial charge in [-0.3, -0.25) is 4.57 Å². The molecule has 238 valence electrons. The van der Waals surface area contributed by atoms with Crippen molar-refractivity contribution < 1.29 is 14.0 Å². The highest BCUT2D eigenvalue weighted by molar-refractivity contribution is 6.23. The molecule has 0 amide bonds. The molecule has 11 rings (SSSR count). The number of benzene rings is 7. The van der Waals surface area contributed by atoms with Gasteiger partial charge >= 0.3 is 0 Å². The monoisotopic (exact) mass is 660 g/mol. The van der Waals surface area contributed by atoms with Crippen LogP contribution in [0.1, 0.15) is 9.60 Å². The lowest BCUT2D eigenvalue weighted by atomic mass is 10.1. The van der Waals surface area contributed by atoms with E-state index in [9.17, 15) is 4.11 Å². The van der Waals surface area contributed by atoms with E-state index in [0.29, 0.717) is 5.56 Å². The summed E-state index contributed by atoms with van der Waals surface area (Å²) in [6.07, 6.45) is 0. The topological polar surface area (TPSA) is 61.7 Å². The highest BCUT2D eigenvalue weighted by Gasteiger charge is 2.23. The van der Waals surface area contributed by atoms with Crippen molar-refractivity contribution in [3.8, 4) is 34.4 Å². The van der Waals surface area contributed by atoms with Gasteiger partial charge in [-0.05, 0) is 42.4 Å². The molecule has 0 saturated heterocycles. The molecular weight excluding hydrogens is 627 g/mol. The van der Waals surface area contributed by atoms with Gasteiger partial charge in [-0.25, -0.2) is 4.98 Å². The number of hydrogen-bond acceptors (Lipinski definition) is 4. The van der Waals surface area contributed by atoms with E-state index in [1.54, 1.807) is 0 Å². The number of hydrogen-bond donors (Lipinski definition) is 0. The molecule has 0 N–H and O–H groups in total. The fourth-order valence-corrected chi connectivity index (χ4v) is 7.26. The van der Waals surface area contributed by atoms with Crippen molar-refractivity contribution in [2.24, 2.45) is 0 Å². The van der Waals surface area contributed by atoms with Gasteiger partial charge in [-0.15, -0.1) is 0 Å². The van der Waals surface area contributed by atoms with Crippen LogP contribution in [-0.4, -0.2) is 24.1 Å². The lowest BCUT2D eigenvalue weighted by Gasteiger charge is -2.13. The Kier molecular flexibility index (Phi) is 4.59. The normalized spacial score (nSPS) is 13.8. The van der Waals surface area contributed by atoms with Crippen molar-refractivity contribution in [2.75, 3.05) is 0 Å². The lowest BCUT2D eigenvalue weighted by molar-refractivity contribution is 0.669. The fraction of sp³-hybridized carbons (Fsp3) is 0. The summed E-state index contributed by atoms with van der Waals surface area (Å²) < 4.78 is 71.8. The first kappa shape index (κ1) is 21.8. The molecule has 4 heterocycles. The largest absolute Gasteiger partial charge is 0.456 e. The maximum Gasteiger partial charge on any atom is 0.238 e. The van der Waals surface area contributed by atoms with E-state index >= 15 is 0 Å². The lowest BCUT2D eigenvalue weighted by Crippen LogP contribution is -2.07. The number of rotatable bonds is 4. The van der Waals surface area contributed by atoms with Crippen LogP contribution in [0.3, 0.4) is 0 Å². The minimum atomic E-state index is -0.498. The predicted molar refractivity (Wildman–Crippen MR) is 207 cm³/mol. The highest BCUT2D eigenvalue weighted by Crippen LogP contribution is 2.41. The first-order valence-corrected chi connectivity index (χ1v) is 16.5. The minimum absolute atomic E-state index is 0.0446. The summed E-state index contributed by atoms with van der Waals surface area (Å²) in [5, 5.41) is 3.93. The summed E-state index contributed by atoms with van der Waals surface area (Å²) in [7, 11) is 0.